The number of fused-ring (bicyclic) bond motifs is 1. The van der Waals surface area contributed by atoms with Gasteiger partial charge in [-0.3, -0.25) is 9.17 Å². The lowest BCUT2D eigenvalue weighted by Gasteiger charge is -2.13. The number of aryl methyl sites for hydroxylation is 1. The second-order valence-corrected chi connectivity index (χ2v) is 9.22. The summed E-state index contributed by atoms with van der Waals surface area (Å²) in [4.78, 5) is 13.0. The largest absolute Gasteiger partial charge is 0.496 e. The Morgan fingerprint density at radius 2 is 2.03 bits per heavy atom. The number of aromatic nitrogens is 4. The molecule has 2 N–H and O–H groups in total. The number of hydrogen-bond donors (Lipinski definition) is 1. The van der Waals surface area contributed by atoms with E-state index in [0.717, 1.165) is 28.8 Å². The highest BCUT2D eigenvalue weighted by Crippen LogP contribution is 2.29. The van der Waals surface area contributed by atoms with Crippen LogP contribution < -0.4 is 10.5 Å². The Labute approximate surface area is 192 Å². The molecule has 32 heavy (non-hydrogen) atoms. The van der Waals surface area contributed by atoms with Crippen LogP contribution in [0.4, 0.5) is 5.95 Å². The van der Waals surface area contributed by atoms with Gasteiger partial charge in [0, 0.05) is 29.9 Å². The van der Waals surface area contributed by atoms with Gasteiger partial charge in [0.1, 0.15) is 16.5 Å². The second-order valence-electron chi connectivity index (χ2n) is 7.22. The topological polar surface area (TPSA) is 122 Å². The number of nitrogens with zero attached hydrogens (tertiary/aromatic N) is 4. The fraction of sp³-hybridized carbons (Fsp3) is 0.381. The van der Waals surface area contributed by atoms with E-state index >= 15 is 0 Å². The van der Waals surface area contributed by atoms with E-state index in [-0.39, 0.29) is 17.7 Å². The highest BCUT2D eigenvalue weighted by molar-refractivity contribution is 7.85. The molecule has 3 aromatic rings. The summed E-state index contributed by atoms with van der Waals surface area (Å²) in [7, 11) is -1.82. The molecule has 0 saturated carbocycles. The first kappa shape index (κ1) is 23.8. The fourth-order valence-corrected chi connectivity index (χ4v) is 3.99. The number of hydrogen-bond acceptors (Lipinski definition) is 8. The Morgan fingerprint density at radius 3 is 2.72 bits per heavy atom. The molecule has 3 heterocycles. The molecule has 0 atom stereocenters. The van der Waals surface area contributed by atoms with Gasteiger partial charge in [-0.15, -0.1) is 0 Å². The predicted molar refractivity (Wildman–Crippen MR) is 123 cm³/mol. The van der Waals surface area contributed by atoms with Crippen LogP contribution in [0.1, 0.15) is 35.2 Å². The predicted octanol–water partition coefficient (Wildman–Crippen LogP) is 2.84. The van der Waals surface area contributed by atoms with Gasteiger partial charge in [-0.1, -0.05) is 23.4 Å². The first-order chi connectivity index (χ1) is 15.1. The Balaban J connectivity index is 1.93. The molecule has 170 valence electrons. The molecular formula is C21H24ClN5O4S. The molecular weight excluding hydrogens is 454 g/mol. The third-order valence-corrected chi connectivity index (χ3v) is 5.59. The molecule has 0 unspecified atom stereocenters. The number of ether oxygens (including phenoxy) is 1. The first-order valence-corrected chi connectivity index (χ1v) is 11.9. The van der Waals surface area contributed by atoms with Crippen molar-refractivity contribution in [1.82, 2.24) is 19.5 Å². The maximum Gasteiger partial charge on any atom is 0.264 e. The van der Waals surface area contributed by atoms with E-state index in [2.05, 4.69) is 26.8 Å². The standard InChI is InChI=1S/C21H24ClN5O4S/c1-13-10-24-16(14(2)18(13)30-3)12-27-11-15(8-6-5-7-9-31-32(4,28)29)17-19(22)25-21(23)26-20(17)27/h10-11H,5,7,9,12H2,1-4H3,(H2,23,25,26). The van der Waals surface area contributed by atoms with Crippen LogP contribution in [0.2, 0.25) is 5.15 Å². The number of unbranched alkanes of at least 4 members (excludes halogenated alkanes) is 1. The Bertz CT molecular complexity index is 1330. The van der Waals surface area contributed by atoms with Gasteiger partial charge in [0.15, 0.2) is 0 Å². The molecule has 0 bridgehead atoms. The monoisotopic (exact) mass is 477 g/mol. The zero-order chi connectivity index (χ0) is 23.5. The number of rotatable bonds is 7. The van der Waals surface area contributed by atoms with Gasteiger partial charge >= 0.3 is 0 Å². The van der Waals surface area contributed by atoms with Crippen LogP contribution in [0.5, 0.6) is 5.75 Å². The van der Waals surface area contributed by atoms with Crippen LogP contribution >= 0.6 is 11.6 Å². The van der Waals surface area contributed by atoms with Crippen LogP contribution in [-0.2, 0) is 20.8 Å². The average Bonchev–Trinajstić information content (AvgIpc) is 3.04. The summed E-state index contributed by atoms with van der Waals surface area (Å²) in [6.45, 7) is 4.39. The van der Waals surface area contributed by atoms with Gasteiger partial charge in [0.25, 0.3) is 10.1 Å². The Hall–Kier alpha value is -2.87. The summed E-state index contributed by atoms with van der Waals surface area (Å²) in [6, 6.07) is 0. The second kappa shape index (κ2) is 9.73. The molecule has 0 aromatic carbocycles. The van der Waals surface area contributed by atoms with Crippen molar-refractivity contribution in [3.63, 3.8) is 0 Å². The molecule has 0 saturated heterocycles. The molecule has 0 aliphatic heterocycles. The minimum absolute atomic E-state index is 0.0606. The molecule has 9 nitrogen and oxygen atoms in total. The van der Waals surface area contributed by atoms with Crippen molar-refractivity contribution in [2.75, 3.05) is 25.7 Å². The van der Waals surface area contributed by atoms with Crippen LogP contribution in [0, 0.1) is 25.7 Å². The van der Waals surface area contributed by atoms with E-state index in [1.807, 2.05) is 24.6 Å². The van der Waals surface area contributed by atoms with Gasteiger partial charge in [-0.2, -0.15) is 13.4 Å². The van der Waals surface area contributed by atoms with Crippen molar-refractivity contribution < 1.29 is 17.3 Å². The fourth-order valence-electron chi connectivity index (χ4n) is 3.29. The highest BCUT2D eigenvalue weighted by Gasteiger charge is 2.17. The third kappa shape index (κ3) is 5.48. The lowest BCUT2D eigenvalue weighted by Crippen LogP contribution is -2.07. The molecule has 3 rings (SSSR count). The Kier molecular flexibility index (Phi) is 7.23. The van der Waals surface area contributed by atoms with Gasteiger partial charge in [0.05, 0.1) is 43.2 Å². The van der Waals surface area contributed by atoms with Crippen molar-refractivity contribution >= 4 is 38.7 Å². The molecule has 11 heteroatoms. The Morgan fingerprint density at radius 1 is 1.28 bits per heavy atom. The van der Waals surface area contributed by atoms with E-state index in [1.54, 1.807) is 13.3 Å². The maximum absolute atomic E-state index is 11.0. The van der Waals surface area contributed by atoms with Crippen LogP contribution in [0.25, 0.3) is 11.0 Å². The zero-order valence-electron chi connectivity index (χ0n) is 18.3. The smallest absolute Gasteiger partial charge is 0.264 e. The number of anilines is 1. The third-order valence-electron chi connectivity index (χ3n) is 4.73. The summed E-state index contributed by atoms with van der Waals surface area (Å²) in [6.07, 6.45) is 5.54. The van der Waals surface area contributed by atoms with Crippen molar-refractivity contribution in [2.24, 2.45) is 0 Å². The number of nitrogen functional groups attached to an aromatic ring is 1. The molecule has 0 radical (unpaired) electrons. The van der Waals surface area contributed by atoms with E-state index in [1.165, 1.54) is 0 Å². The zero-order valence-corrected chi connectivity index (χ0v) is 19.8. The van der Waals surface area contributed by atoms with Gasteiger partial charge < -0.3 is 15.0 Å². The minimum Gasteiger partial charge on any atom is -0.496 e. The normalized spacial score (nSPS) is 11.4. The number of nitrogens with two attached hydrogens (primary N) is 1. The maximum atomic E-state index is 11.0. The summed E-state index contributed by atoms with van der Waals surface area (Å²) >= 11 is 6.36. The van der Waals surface area contributed by atoms with Crippen molar-refractivity contribution in [3.05, 3.63) is 39.9 Å². The van der Waals surface area contributed by atoms with Crippen LogP contribution in [0.3, 0.4) is 0 Å². The average molecular weight is 478 g/mol. The van der Waals surface area contributed by atoms with Gasteiger partial charge in [-0.25, -0.2) is 4.98 Å². The van der Waals surface area contributed by atoms with Crippen molar-refractivity contribution in [1.29, 1.82) is 0 Å². The molecule has 0 spiro atoms. The molecule has 0 fully saturated rings. The van der Waals surface area contributed by atoms with Crippen molar-refractivity contribution in [2.45, 2.75) is 33.2 Å². The van der Waals surface area contributed by atoms with E-state index in [9.17, 15) is 8.42 Å². The highest BCUT2D eigenvalue weighted by atomic mass is 35.5. The number of halogens is 1. The molecule has 0 aliphatic rings. The van der Waals surface area contributed by atoms with Gasteiger partial charge in [-0.05, 0) is 20.3 Å². The SMILES string of the molecule is COc1c(C)cnc(Cn2cc(C#CCCCOS(C)(=O)=O)c3c(Cl)nc(N)nc32)c1C. The lowest BCUT2D eigenvalue weighted by molar-refractivity contribution is 0.317. The van der Waals surface area contributed by atoms with Crippen LogP contribution in [0.15, 0.2) is 12.4 Å². The summed E-state index contributed by atoms with van der Waals surface area (Å²) in [5, 5.41) is 0.805. The van der Waals surface area contributed by atoms with Gasteiger partial charge in [0.2, 0.25) is 5.95 Å². The number of pyridine rings is 1. The summed E-state index contributed by atoms with van der Waals surface area (Å²) in [5.41, 5.74) is 9.72. The molecule has 3 aromatic heterocycles. The van der Waals surface area contributed by atoms with Crippen molar-refractivity contribution in [3.8, 4) is 17.6 Å². The quantitative estimate of drug-likeness (QED) is 0.238. The first-order valence-electron chi connectivity index (χ1n) is 9.75. The minimum atomic E-state index is -3.45. The van der Waals surface area contributed by atoms with E-state index < -0.39 is 10.1 Å². The molecule has 0 aliphatic carbocycles. The summed E-state index contributed by atoms with van der Waals surface area (Å²) < 4.78 is 34.1. The number of methoxy groups -OCH3 is 1. The molecule has 0 amide bonds. The van der Waals surface area contributed by atoms with Crippen LogP contribution in [-0.4, -0.2) is 47.9 Å². The lowest BCUT2D eigenvalue weighted by atomic mass is 10.1. The summed E-state index contributed by atoms with van der Waals surface area (Å²) in [5.74, 6) is 6.94. The van der Waals surface area contributed by atoms with E-state index in [0.29, 0.717) is 36.0 Å². The van der Waals surface area contributed by atoms with E-state index in [4.69, 9.17) is 26.3 Å².